The van der Waals surface area contributed by atoms with Crippen molar-refractivity contribution in [2.45, 2.75) is 23.9 Å². The summed E-state index contributed by atoms with van der Waals surface area (Å²) in [6.45, 7) is 2.57. The third-order valence-corrected chi connectivity index (χ3v) is 6.50. The lowest BCUT2D eigenvalue weighted by molar-refractivity contribution is -0.384. The van der Waals surface area contributed by atoms with Crippen LogP contribution < -0.4 is 5.32 Å². The monoisotopic (exact) mass is 494 g/mol. The first-order valence-electron chi connectivity index (χ1n) is 10.3. The minimum atomic E-state index is -0.685. The van der Waals surface area contributed by atoms with E-state index >= 15 is 0 Å². The van der Waals surface area contributed by atoms with Crippen molar-refractivity contribution in [3.05, 3.63) is 93.8 Å². The van der Waals surface area contributed by atoms with E-state index in [0.717, 1.165) is 11.1 Å². The molecule has 4 rings (SSSR count). The molecule has 0 bridgehead atoms. The molecule has 0 radical (unpaired) electrons. The van der Waals surface area contributed by atoms with Crippen LogP contribution in [0, 0.1) is 10.1 Å². The van der Waals surface area contributed by atoms with Crippen LogP contribution in [0.2, 0.25) is 5.02 Å². The number of aromatic nitrogens is 4. The second kappa shape index (κ2) is 10.4. The van der Waals surface area contributed by atoms with Crippen molar-refractivity contribution in [1.29, 1.82) is 0 Å². The Kier molecular flexibility index (Phi) is 7.19. The first kappa shape index (κ1) is 23.4. The number of nitrogens with one attached hydrogen (secondary N) is 1. The Labute approximate surface area is 204 Å². The fourth-order valence-corrected chi connectivity index (χ4v) is 4.61. The molecule has 9 nitrogen and oxygen atoms in total. The summed E-state index contributed by atoms with van der Waals surface area (Å²) in [7, 11) is 0. The standard InChI is InChI=1S/C23H19ClN6O3S/c1-2-29-21(16-10-12-25-13-11-16)27-28-23(29)34-20(15-6-4-3-5-7-15)22(31)26-17-8-9-18(24)19(14-17)30(32)33/h3-14,20H,2H2,1H3,(H,26,31). The Bertz CT molecular complexity index is 1320. The van der Waals surface area contributed by atoms with Gasteiger partial charge in [-0.25, -0.2) is 0 Å². The minimum Gasteiger partial charge on any atom is -0.325 e. The lowest BCUT2D eigenvalue weighted by atomic mass is 10.1. The lowest BCUT2D eigenvalue weighted by Crippen LogP contribution is -2.19. The van der Waals surface area contributed by atoms with E-state index in [0.29, 0.717) is 17.5 Å². The number of nitrogens with zero attached hydrogens (tertiary/aromatic N) is 5. The summed E-state index contributed by atoms with van der Waals surface area (Å²) in [6.07, 6.45) is 3.37. The Morgan fingerprint density at radius 2 is 1.88 bits per heavy atom. The fourth-order valence-electron chi connectivity index (χ4n) is 3.32. The highest BCUT2D eigenvalue weighted by Gasteiger charge is 2.26. The summed E-state index contributed by atoms with van der Waals surface area (Å²) in [4.78, 5) is 28.0. The van der Waals surface area contributed by atoms with Crippen molar-refractivity contribution < 1.29 is 9.72 Å². The van der Waals surface area contributed by atoms with Gasteiger partial charge in [-0.3, -0.25) is 19.9 Å². The van der Waals surface area contributed by atoms with Crippen molar-refractivity contribution in [1.82, 2.24) is 19.7 Å². The highest BCUT2D eigenvalue weighted by Crippen LogP contribution is 2.37. The van der Waals surface area contributed by atoms with Gasteiger partial charge in [0.25, 0.3) is 5.69 Å². The van der Waals surface area contributed by atoms with Gasteiger partial charge in [0, 0.05) is 36.3 Å². The number of carbonyl (C=O) groups is 1. The van der Waals surface area contributed by atoms with Gasteiger partial charge in [-0.2, -0.15) is 0 Å². The van der Waals surface area contributed by atoms with Gasteiger partial charge in [0.1, 0.15) is 10.3 Å². The van der Waals surface area contributed by atoms with E-state index in [1.54, 1.807) is 12.4 Å². The predicted molar refractivity (Wildman–Crippen MR) is 131 cm³/mol. The molecule has 0 fully saturated rings. The van der Waals surface area contributed by atoms with Crippen LogP contribution >= 0.6 is 23.4 Å². The molecule has 34 heavy (non-hydrogen) atoms. The average Bonchev–Trinajstić information content (AvgIpc) is 3.27. The van der Waals surface area contributed by atoms with E-state index in [1.165, 1.54) is 30.0 Å². The Morgan fingerprint density at radius 3 is 2.56 bits per heavy atom. The maximum Gasteiger partial charge on any atom is 0.289 e. The molecule has 11 heteroatoms. The molecule has 1 amide bonds. The molecule has 1 unspecified atom stereocenters. The molecule has 2 heterocycles. The summed E-state index contributed by atoms with van der Waals surface area (Å²) in [6, 6.07) is 17.1. The molecule has 2 aromatic heterocycles. The normalized spacial score (nSPS) is 11.7. The van der Waals surface area contributed by atoms with Crippen LogP contribution in [0.1, 0.15) is 17.7 Å². The SMILES string of the molecule is CCn1c(SC(C(=O)Nc2ccc(Cl)c([N+](=O)[O-])c2)c2ccccc2)nnc1-c1ccncc1. The van der Waals surface area contributed by atoms with E-state index in [1.807, 2.05) is 54.0 Å². The zero-order valence-electron chi connectivity index (χ0n) is 18.0. The first-order valence-corrected chi connectivity index (χ1v) is 11.5. The van der Waals surface area contributed by atoms with Crippen LogP contribution in [-0.4, -0.2) is 30.6 Å². The summed E-state index contributed by atoms with van der Waals surface area (Å²) in [5.41, 5.74) is 1.61. The van der Waals surface area contributed by atoms with E-state index in [2.05, 4.69) is 20.5 Å². The smallest absolute Gasteiger partial charge is 0.289 e. The highest BCUT2D eigenvalue weighted by molar-refractivity contribution is 8.00. The predicted octanol–water partition coefficient (Wildman–Crippen LogP) is 5.39. The number of nitro benzene ring substituents is 1. The number of nitro groups is 1. The van der Waals surface area contributed by atoms with Crippen LogP contribution in [0.15, 0.2) is 78.2 Å². The van der Waals surface area contributed by atoms with E-state index < -0.39 is 10.2 Å². The van der Waals surface area contributed by atoms with Gasteiger partial charge in [-0.05, 0) is 36.8 Å². The Hall–Kier alpha value is -3.76. The molecule has 1 N–H and O–H groups in total. The van der Waals surface area contributed by atoms with Crippen LogP contribution in [-0.2, 0) is 11.3 Å². The maximum atomic E-state index is 13.4. The first-order chi connectivity index (χ1) is 16.5. The minimum absolute atomic E-state index is 0.00308. The number of hydrogen-bond acceptors (Lipinski definition) is 7. The summed E-state index contributed by atoms with van der Waals surface area (Å²) in [5, 5.41) is 22.5. The van der Waals surface area contributed by atoms with Crippen molar-refractivity contribution >= 4 is 40.6 Å². The Balaban J connectivity index is 1.66. The number of rotatable bonds is 8. The molecule has 0 aliphatic heterocycles. The van der Waals surface area contributed by atoms with E-state index in [-0.39, 0.29) is 22.3 Å². The Morgan fingerprint density at radius 1 is 1.15 bits per heavy atom. The lowest BCUT2D eigenvalue weighted by Gasteiger charge is -2.17. The molecule has 0 saturated heterocycles. The average molecular weight is 495 g/mol. The molecule has 0 spiro atoms. The second-order valence-electron chi connectivity index (χ2n) is 7.11. The number of anilines is 1. The van der Waals surface area contributed by atoms with Crippen LogP contribution in [0.3, 0.4) is 0 Å². The van der Waals surface area contributed by atoms with Crippen LogP contribution in [0.4, 0.5) is 11.4 Å². The van der Waals surface area contributed by atoms with E-state index in [4.69, 9.17) is 11.6 Å². The maximum absolute atomic E-state index is 13.4. The van der Waals surface area contributed by atoms with Crippen molar-refractivity contribution in [2.75, 3.05) is 5.32 Å². The number of amides is 1. The highest BCUT2D eigenvalue weighted by atomic mass is 35.5. The molecule has 2 aromatic carbocycles. The van der Waals surface area contributed by atoms with Gasteiger partial charge in [-0.15, -0.1) is 10.2 Å². The molecular weight excluding hydrogens is 476 g/mol. The molecule has 0 aliphatic rings. The largest absolute Gasteiger partial charge is 0.325 e. The zero-order chi connectivity index (χ0) is 24.1. The number of pyridine rings is 1. The summed E-state index contributed by atoms with van der Waals surface area (Å²) >= 11 is 7.15. The molecule has 1 atom stereocenters. The van der Waals surface area contributed by atoms with Gasteiger partial charge >= 0.3 is 0 Å². The van der Waals surface area contributed by atoms with Gasteiger partial charge < -0.3 is 9.88 Å². The topological polar surface area (TPSA) is 116 Å². The molecule has 0 aliphatic carbocycles. The number of halogens is 1. The third-order valence-electron chi connectivity index (χ3n) is 4.95. The van der Waals surface area contributed by atoms with Gasteiger partial charge in [0.15, 0.2) is 11.0 Å². The number of hydrogen-bond donors (Lipinski definition) is 1. The van der Waals surface area contributed by atoms with Crippen molar-refractivity contribution in [3.63, 3.8) is 0 Å². The van der Waals surface area contributed by atoms with Crippen molar-refractivity contribution in [2.24, 2.45) is 0 Å². The molecule has 0 saturated carbocycles. The number of thioether (sulfide) groups is 1. The summed E-state index contributed by atoms with van der Waals surface area (Å²) in [5.74, 6) is 0.317. The number of benzene rings is 2. The molecular formula is C23H19ClN6O3S. The molecule has 4 aromatic rings. The van der Waals surface area contributed by atoms with Crippen molar-refractivity contribution in [3.8, 4) is 11.4 Å². The number of carbonyl (C=O) groups excluding carboxylic acids is 1. The third kappa shape index (κ3) is 5.08. The zero-order valence-corrected chi connectivity index (χ0v) is 19.5. The van der Waals surface area contributed by atoms with E-state index in [9.17, 15) is 14.9 Å². The molecule has 172 valence electrons. The van der Waals surface area contributed by atoms with Crippen LogP contribution in [0.25, 0.3) is 11.4 Å². The van der Waals surface area contributed by atoms with Gasteiger partial charge in [-0.1, -0.05) is 53.7 Å². The second-order valence-corrected chi connectivity index (χ2v) is 8.59. The van der Waals surface area contributed by atoms with Crippen LogP contribution in [0.5, 0.6) is 0 Å². The van der Waals surface area contributed by atoms with Gasteiger partial charge in [0.2, 0.25) is 5.91 Å². The van der Waals surface area contributed by atoms with Gasteiger partial charge in [0.05, 0.1) is 4.92 Å². The quantitative estimate of drug-likeness (QED) is 0.198. The summed E-state index contributed by atoms with van der Waals surface area (Å²) < 4.78 is 1.93. The fraction of sp³-hybridized carbons (Fsp3) is 0.130.